The van der Waals surface area contributed by atoms with Crippen LogP contribution in [-0.2, 0) is 9.59 Å². The molecule has 1 fully saturated rings. The zero-order valence-corrected chi connectivity index (χ0v) is 14.7. The van der Waals surface area contributed by atoms with Crippen LogP contribution < -0.4 is 5.32 Å². The van der Waals surface area contributed by atoms with Gasteiger partial charge in [0.05, 0.1) is 0 Å². The summed E-state index contributed by atoms with van der Waals surface area (Å²) in [6, 6.07) is -0.176. The highest BCUT2D eigenvalue weighted by Crippen LogP contribution is 2.21. The number of hydrogen-bond donors (Lipinski definition) is 1. The molecule has 1 aliphatic rings. The van der Waals surface area contributed by atoms with E-state index in [4.69, 9.17) is 0 Å². The van der Waals surface area contributed by atoms with Crippen molar-refractivity contribution in [3.05, 3.63) is 0 Å². The zero-order valence-electron chi connectivity index (χ0n) is 14.7. The van der Waals surface area contributed by atoms with Gasteiger partial charge in [-0.25, -0.2) is 0 Å². The Labute approximate surface area is 135 Å². The van der Waals surface area contributed by atoms with E-state index in [1.54, 1.807) is 4.90 Å². The average Bonchev–Trinajstić information content (AvgIpc) is 2.85. The Hall–Kier alpha value is -1.10. The highest BCUT2D eigenvalue weighted by Gasteiger charge is 2.37. The second-order valence-corrected chi connectivity index (χ2v) is 6.44. The van der Waals surface area contributed by atoms with Crippen molar-refractivity contribution in [2.45, 2.75) is 71.9 Å². The molecular formula is C17H33N3O2. The number of nitrogens with zero attached hydrogens (tertiary/aromatic N) is 2. The van der Waals surface area contributed by atoms with Crippen molar-refractivity contribution in [3.8, 4) is 0 Å². The van der Waals surface area contributed by atoms with Crippen LogP contribution in [0.25, 0.3) is 0 Å². The fourth-order valence-corrected chi connectivity index (χ4v) is 3.21. The van der Waals surface area contributed by atoms with E-state index >= 15 is 0 Å². The van der Waals surface area contributed by atoms with Crippen molar-refractivity contribution in [2.75, 3.05) is 26.2 Å². The SMILES string of the molecule is CCCN(CCC)CCCNC(=O)C1CCC(=O)N1C(C)C. The fraction of sp³-hybridized carbons (Fsp3) is 0.882. The maximum atomic E-state index is 12.3. The van der Waals surface area contributed by atoms with Gasteiger partial charge in [-0.05, 0) is 59.2 Å². The number of carbonyl (C=O) groups excluding carboxylic acids is 2. The normalized spacial score (nSPS) is 18.5. The van der Waals surface area contributed by atoms with E-state index in [0.29, 0.717) is 19.4 Å². The third-order valence-electron chi connectivity index (χ3n) is 4.14. The zero-order chi connectivity index (χ0) is 16.5. The van der Waals surface area contributed by atoms with Gasteiger partial charge in [-0.15, -0.1) is 0 Å². The van der Waals surface area contributed by atoms with Gasteiger partial charge in [0.25, 0.3) is 0 Å². The molecular weight excluding hydrogens is 278 g/mol. The van der Waals surface area contributed by atoms with Gasteiger partial charge in [0.1, 0.15) is 6.04 Å². The maximum absolute atomic E-state index is 12.3. The van der Waals surface area contributed by atoms with Crippen molar-refractivity contribution < 1.29 is 9.59 Å². The molecule has 0 aromatic rings. The molecule has 1 unspecified atom stereocenters. The standard InChI is InChI=1S/C17H33N3O2/c1-5-11-19(12-6-2)13-7-10-18-17(22)15-8-9-16(21)20(15)14(3)4/h14-15H,5-13H2,1-4H3,(H,18,22). The minimum atomic E-state index is -0.269. The number of hydrogen-bond acceptors (Lipinski definition) is 3. The Balaban J connectivity index is 2.32. The van der Waals surface area contributed by atoms with Gasteiger partial charge in [0.15, 0.2) is 0 Å². The first-order valence-electron chi connectivity index (χ1n) is 8.82. The Morgan fingerprint density at radius 1 is 1.27 bits per heavy atom. The molecule has 5 nitrogen and oxygen atoms in total. The van der Waals surface area contributed by atoms with Crippen LogP contribution in [0.1, 0.15) is 59.8 Å². The predicted octanol–water partition coefficient (Wildman–Crippen LogP) is 2.01. The molecule has 0 saturated carbocycles. The number of carbonyl (C=O) groups is 2. The molecule has 22 heavy (non-hydrogen) atoms. The number of amides is 2. The molecule has 128 valence electrons. The number of likely N-dealkylation sites (tertiary alicyclic amines) is 1. The lowest BCUT2D eigenvalue weighted by atomic mass is 10.2. The monoisotopic (exact) mass is 311 g/mol. The van der Waals surface area contributed by atoms with Gasteiger partial charge in [-0.1, -0.05) is 13.8 Å². The van der Waals surface area contributed by atoms with Crippen LogP contribution in [0.2, 0.25) is 0 Å². The molecule has 0 aliphatic carbocycles. The largest absolute Gasteiger partial charge is 0.354 e. The van der Waals surface area contributed by atoms with E-state index in [9.17, 15) is 9.59 Å². The van der Waals surface area contributed by atoms with Gasteiger partial charge >= 0.3 is 0 Å². The summed E-state index contributed by atoms with van der Waals surface area (Å²) in [6.07, 6.45) is 4.45. The molecule has 1 atom stereocenters. The smallest absolute Gasteiger partial charge is 0.242 e. The van der Waals surface area contributed by atoms with Crippen LogP contribution in [0.3, 0.4) is 0 Å². The van der Waals surface area contributed by atoms with Gasteiger partial charge < -0.3 is 15.1 Å². The second kappa shape index (κ2) is 9.82. The third kappa shape index (κ3) is 5.59. The summed E-state index contributed by atoms with van der Waals surface area (Å²) in [7, 11) is 0. The summed E-state index contributed by atoms with van der Waals surface area (Å²) in [5.74, 6) is 0.115. The van der Waals surface area contributed by atoms with Crippen molar-refractivity contribution in [3.63, 3.8) is 0 Å². The molecule has 0 radical (unpaired) electrons. The van der Waals surface area contributed by atoms with Crippen LogP contribution in [0, 0.1) is 0 Å². The summed E-state index contributed by atoms with van der Waals surface area (Å²) in [4.78, 5) is 28.3. The summed E-state index contributed by atoms with van der Waals surface area (Å²) < 4.78 is 0. The highest BCUT2D eigenvalue weighted by molar-refractivity contribution is 5.91. The van der Waals surface area contributed by atoms with Crippen LogP contribution in [0.15, 0.2) is 0 Å². The first-order valence-corrected chi connectivity index (χ1v) is 8.82. The molecule has 5 heteroatoms. The van der Waals surface area contributed by atoms with Crippen molar-refractivity contribution >= 4 is 11.8 Å². The Morgan fingerprint density at radius 2 is 1.91 bits per heavy atom. The van der Waals surface area contributed by atoms with E-state index in [2.05, 4.69) is 24.1 Å². The lowest BCUT2D eigenvalue weighted by molar-refractivity contribution is -0.136. The van der Waals surface area contributed by atoms with Crippen molar-refractivity contribution in [2.24, 2.45) is 0 Å². The Bertz CT molecular complexity index is 352. The highest BCUT2D eigenvalue weighted by atomic mass is 16.2. The molecule has 1 saturated heterocycles. The van der Waals surface area contributed by atoms with E-state index in [0.717, 1.165) is 26.1 Å². The van der Waals surface area contributed by atoms with Gasteiger partial charge in [0, 0.05) is 19.0 Å². The first kappa shape index (κ1) is 18.9. The molecule has 0 bridgehead atoms. The lowest BCUT2D eigenvalue weighted by Gasteiger charge is -2.28. The van der Waals surface area contributed by atoms with E-state index in [-0.39, 0.29) is 23.9 Å². The van der Waals surface area contributed by atoms with Crippen LogP contribution in [0.4, 0.5) is 0 Å². The van der Waals surface area contributed by atoms with Crippen LogP contribution in [-0.4, -0.2) is 59.9 Å². The minimum Gasteiger partial charge on any atom is -0.354 e. The van der Waals surface area contributed by atoms with E-state index in [1.165, 1.54) is 12.8 Å². The Kier molecular flexibility index (Phi) is 8.46. The molecule has 1 rings (SSSR count). The summed E-state index contributed by atoms with van der Waals surface area (Å²) >= 11 is 0. The molecule has 1 N–H and O–H groups in total. The van der Waals surface area contributed by atoms with Crippen molar-refractivity contribution in [1.29, 1.82) is 0 Å². The quantitative estimate of drug-likeness (QED) is 0.628. The van der Waals surface area contributed by atoms with Gasteiger partial charge in [-0.3, -0.25) is 9.59 Å². The minimum absolute atomic E-state index is 0.0112. The second-order valence-electron chi connectivity index (χ2n) is 6.44. The van der Waals surface area contributed by atoms with E-state index in [1.807, 2.05) is 13.8 Å². The summed E-state index contributed by atoms with van der Waals surface area (Å²) in [6.45, 7) is 12.3. The number of rotatable bonds is 10. The maximum Gasteiger partial charge on any atom is 0.242 e. The Morgan fingerprint density at radius 3 is 2.45 bits per heavy atom. The fourth-order valence-electron chi connectivity index (χ4n) is 3.21. The molecule has 0 aromatic heterocycles. The summed E-state index contributed by atoms with van der Waals surface area (Å²) in [5.41, 5.74) is 0. The van der Waals surface area contributed by atoms with Crippen molar-refractivity contribution in [1.82, 2.24) is 15.1 Å². The van der Waals surface area contributed by atoms with E-state index < -0.39 is 0 Å². The molecule has 2 amide bonds. The summed E-state index contributed by atoms with van der Waals surface area (Å²) in [5, 5.41) is 3.01. The molecule has 0 spiro atoms. The van der Waals surface area contributed by atoms with Crippen LogP contribution >= 0.6 is 0 Å². The number of nitrogens with one attached hydrogen (secondary N) is 1. The molecule has 0 aromatic carbocycles. The first-order chi connectivity index (χ1) is 10.5. The average molecular weight is 311 g/mol. The molecule has 1 heterocycles. The van der Waals surface area contributed by atoms with Gasteiger partial charge in [-0.2, -0.15) is 0 Å². The van der Waals surface area contributed by atoms with Crippen LogP contribution in [0.5, 0.6) is 0 Å². The lowest BCUT2D eigenvalue weighted by Crippen LogP contribution is -2.48. The van der Waals surface area contributed by atoms with Gasteiger partial charge in [0.2, 0.25) is 11.8 Å². The predicted molar refractivity (Wildman–Crippen MR) is 89.7 cm³/mol. The topological polar surface area (TPSA) is 52.7 Å². The third-order valence-corrected chi connectivity index (χ3v) is 4.14. The molecule has 1 aliphatic heterocycles.